The number of hydroxylamine groups is 1. The van der Waals surface area contributed by atoms with Gasteiger partial charge < -0.3 is 4.84 Å². The first-order valence-electron chi connectivity index (χ1n) is 4.10. The Kier molecular flexibility index (Phi) is 0.624. The molecule has 0 atom stereocenters. The molecule has 0 unspecified atom stereocenters. The molecule has 2 heterocycles. The molecule has 1 fully saturated rings. The third kappa shape index (κ3) is 0.422. The van der Waals surface area contributed by atoms with Gasteiger partial charge in [-0.25, -0.2) is 0 Å². The maximum atomic E-state index is 5.35. The molecule has 0 aromatic rings. The van der Waals surface area contributed by atoms with Gasteiger partial charge in [-0.3, -0.25) is 4.99 Å². The average Bonchev–Trinajstić information content (AvgIpc) is 2.57. The minimum absolute atomic E-state index is 0.818. The lowest BCUT2D eigenvalue weighted by Gasteiger charge is -2.04. The minimum Gasteiger partial charge on any atom is -0.408 e. The van der Waals surface area contributed by atoms with E-state index in [2.05, 4.69) is 16.5 Å². The number of nitrogens with one attached hydrogen (secondary N) is 1. The van der Waals surface area contributed by atoms with Crippen LogP contribution in [-0.2, 0) is 4.84 Å². The number of rotatable bonds is 0. The highest BCUT2D eigenvalue weighted by Gasteiger charge is 2.40. The molecule has 2 aliphatic heterocycles. The monoisotopic (exact) mass is 158 g/mol. The van der Waals surface area contributed by atoms with Gasteiger partial charge in [0.05, 0.1) is 18.0 Å². The van der Waals surface area contributed by atoms with Gasteiger partial charge in [-0.1, -0.05) is 0 Å². The summed E-state index contributed by atoms with van der Waals surface area (Å²) in [4.78, 5) is 9.85. The molecular formula is C9H6N2O. The van der Waals surface area contributed by atoms with Crippen LogP contribution in [0.1, 0.15) is 6.42 Å². The lowest BCUT2D eigenvalue weighted by atomic mass is 10.1. The lowest BCUT2D eigenvalue weighted by Crippen LogP contribution is -2.05. The zero-order valence-corrected chi connectivity index (χ0v) is 6.35. The molecular weight excluding hydrogens is 152 g/mol. The van der Waals surface area contributed by atoms with E-state index >= 15 is 0 Å². The summed E-state index contributed by atoms with van der Waals surface area (Å²) in [7, 11) is 0. The van der Waals surface area contributed by atoms with E-state index in [1.807, 2.05) is 0 Å². The molecule has 2 aliphatic carbocycles. The van der Waals surface area contributed by atoms with Crippen molar-refractivity contribution in [3.05, 3.63) is 34.3 Å². The fourth-order valence-electron chi connectivity index (χ4n) is 2.06. The van der Waals surface area contributed by atoms with Gasteiger partial charge in [0.15, 0.2) is 5.76 Å². The molecule has 0 amide bonds. The van der Waals surface area contributed by atoms with Crippen LogP contribution in [0.25, 0.3) is 0 Å². The summed E-state index contributed by atoms with van der Waals surface area (Å²) >= 11 is 0. The molecule has 3 nitrogen and oxygen atoms in total. The number of allylic oxidation sites excluding steroid dienone is 3. The Morgan fingerprint density at radius 1 is 1.42 bits per heavy atom. The molecule has 0 aromatic heterocycles. The van der Waals surface area contributed by atoms with Crippen LogP contribution in [0.2, 0.25) is 0 Å². The van der Waals surface area contributed by atoms with Crippen molar-refractivity contribution in [1.82, 2.24) is 5.48 Å². The van der Waals surface area contributed by atoms with Crippen LogP contribution in [0.3, 0.4) is 0 Å². The first kappa shape index (κ1) is 5.32. The van der Waals surface area contributed by atoms with E-state index in [9.17, 15) is 0 Å². The zero-order valence-electron chi connectivity index (χ0n) is 6.35. The maximum absolute atomic E-state index is 5.35. The van der Waals surface area contributed by atoms with Crippen molar-refractivity contribution in [1.29, 1.82) is 0 Å². The molecule has 1 saturated heterocycles. The molecule has 3 heteroatoms. The van der Waals surface area contributed by atoms with Gasteiger partial charge in [-0.15, -0.1) is 0 Å². The van der Waals surface area contributed by atoms with Gasteiger partial charge >= 0.3 is 0 Å². The average molecular weight is 158 g/mol. The Bertz CT molecular complexity index is 437. The van der Waals surface area contributed by atoms with Crippen molar-refractivity contribution in [2.75, 3.05) is 6.54 Å². The van der Waals surface area contributed by atoms with Gasteiger partial charge in [0.1, 0.15) is 0 Å². The summed E-state index contributed by atoms with van der Waals surface area (Å²) in [5.41, 5.74) is 9.18. The van der Waals surface area contributed by atoms with Gasteiger partial charge in [0.25, 0.3) is 0 Å². The second kappa shape index (κ2) is 1.41. The van der Waals surface area contributed by atoms with Crippen LogP contribution in [0.5, 0.6) is 0 Å². The van der Waals surface area contributed by atoms with Gasteiger partial charge in [0, 0.05) is 23.1 Å². The molecule has 58 valence electrons. The summed E-state index contributed by atoms with van der Waals surface area (Å²) in [5, 5.41) is 0. The topological polar surface area (TPSA) is 33.6 Å². The molecule has 12 heavy (non-hydrogen) atoms. The summed E-state index contributed by atoms with van der Waals surface area (Å²) in [5.74, 6) is 1.05. The van der Waals surface area contributed by atoms with Gasteiger partial charge in [-0.2, -0.15) is 5.48 Å². The first-order chi connectivity index (χ1) is 5.93. The normalized spacial score (nSPS) is 28.0. The highest BCUT2D eigenvalue weighted by molar-refractivity contribution is 6.28. The van der Waals surface area contributed by atoms with Crippen molar-refractivity contribution in [2.24, 2.45) is 4.99 Å². The van der Waals surface area contributed by atoms with Crippen LogP contribution < -0.4 is 5.48 Å². The molecule has 2 bridgehead atoms. The highest BCUT2D eigenvalue weighted by Crippen LogP contribution is 2.47. The molecule has 0 aromatic carbocycles. The Morgan fingerprint density at radius 2 is 2.42 bits per heavy atom. The molecule has 0 spiro atoms. The van der Waals surface area contributed by atoms with Gasteiger partial charge in [0.2, 0.25) is 0 Å². The Hall–Kier alpha value is -1.35. The van der Waals surface area contributed by atoms with E-state index in [0.29, 0.717) is 0 Å². The van der Waals surface area contributed by atoms with Crippen molar-refractivity contribution in [3.63, 3.8) is 0 Å². The van der Waals surface area contributed by atoms with E-state index in [1.54, 1.807) is 0 Å². The number of nitrogens with zero attached hydrogens (tertiary/aromatic N) is 1. The second-order valence-electron chi connectivity index (χ2n) is 3.39. The van der Waals surface area contributed by atoms with Crippen LogP contribution in [0, 0.1) is 0 Å². The predicted molar refractivity (Wildman–Crippen MR) is 43.3 cm³/mol. The van der Waals surface area contributed by atoms with Crippen LogP contribution in [-0.4, -0.2) is 12.3 Å². The van der Waals surface area contributed by atoms with Crippen LogP contribution in [0.4, 0.5) is 0 Å². The number of hydrogen-bond donors (Lipinski definition) is 1. The summed E-state index contributed by atoms with van der Waals surface area (Å²) < 4.78 is 0. The quantitative estimate of drug-likeness (QED) is 0.566. The third-order valence-corrected chi connectivity index (χ3v) is 2.72. The number of fused-ring (bicyclic) bond motifs is 5. The smallest absolute Gasteiger partial charge is 0.157 e. The second-order valence-corrected chi connectivity index (χ2v) is 3.39. The van der Waals surface area contributed by atoms with Crippen LogP contribution >= 0.6 is 0 Å². The molecule has 1 N–H and O–H groups in total. The Labute approximate surface area is 69.1 Å². The van der Waals surface area contributed by atoms with E-state index in [0.717, 1.165) is 18.7 Å². The van der Waals surface area contributed by atoms with E-state index < -0.39 is 0 Å². The minimum atomic E-state index is 0.818. The largest absolute Gasteiger partial charge is 0.408 e. The van der Waals surface area contributed by atoms with E-state index in [4.69, 9.17) is 4.84 Å². The first-order valence-corrected chi connectivity index (χ1v) is 4.10. The number of aliphatic imine (C=N–C) groups is 1. The molecule has 0 radical (unpaired) electrons. The third-order valence-electron chi connectivity index (χ3n) is 2.72. The van der Waals surface area contributed by atoms with Gasteiger partial charge in [-0.05, 0) is 6.08 Å². The van der Waals surface area contributed by atoms with E-state index in [-0.39, 0.29) is 0 Å². The molecule has 4 rings (SSSR count). The fraction of sp³-hybridized carbons (Fsp3) is 0.222. The van der Waals surface area contributed by atoms with Crippen molar-refractivity contribution in [3.8, 4) is 0 Å². The van der Waals surface area contributed by atoms with E-state index in [1.165, 1.54) is 28.1 Å². The van der Waals surface area contributed by atoms with Crippen LogP contribution in [0.15, 0.2) is 39.2 Å². The number of hydrogen-bond acceptors (Lipinski definition) is 3. The molecule has 0 saturated carbocycles. The standard InChI is InChI=1S/C9H6N2O/c1-4-5-2-8(11-7(1)4)6-3-10-12-9(5)6/h1,10H,2-3H2. The SMILES string of the molecule is C1=C2C1=NC1=C3CNOC3=C2C1. The van der Waals surface area contributed by atoms with Crippen molar-refractivity contribution in [2.45, 2.75) is 6.42 Å². The zero-order chi connectivity index (χ0) is 7.71. The summed E-state index contributed by atoms with van der Waals surface area (Å²) in [6.07, 6.45) is 3.11. The highest BCUT2D eigenvalue weighted by atomic mass is 16.7. The molecule has 4 aliphatic rings. The van der Waals surface area contributed by atoms with Crippen molar-refractivity contribution >= 4 is 5.71 Å². The summed E-state index contributed by atoms with van der Waals surface area (Å²) in [6, 6.07) is 0. The maximum Gasteiger partial charge on any atom is 0.157 e. The lowest BCUT2D eigenvalue weighted by molar-refractivity contribution is 0.155. The Morgan fingerprint density at radius 3 is 3.42 bits per heavy atom. The Balaban J connectivity index is 2.09. The summed E-state index contributed by atoms with van der Waals surface area (Å²) in [6.45, 7) is 0.818. The van der Waals surface area contributed by atoms with Crippen molar-refractivity contribution < 1.29 is 4.84 Å². The fourth-order valence-corrected chi connectivity index (χ4v) is 2.06. The predicted octanol–water partition coefficient (Wildman–Crippen LogP) is 0.828.